The van der Waals surface area contributed by atoms with Crippen molar-refractivity contribution < 1.29 is 4.79 Å². The maximum Gasteiger partial charge on any atom is 0.247 e. The third kappa shape index (κ3) is 5.55. The van der Waals surface area contributed by atoms with Crippen molar-refractivity contribution in [2.45, 2.75) is 38.9 Å². The fourth-order valence-corrected chi connectivity index (χ4v) is 3.20. The molecule has 1 aromatic carbocycles. The lowest BCUT2D eigenvalue weighted by Crippen LogP contribution is -2.32. The van der Waals surface area contributed by atoms with Crippen LogP contribution in [0.5, 0.6) is 0 Å². The molecule has 3 rings (SSSR count). The molecule has 2 heterocycles. The van der Waals surface area contributed by atoms with E-state index in [9.17, 15) is 4.79 Å². The average Bonchev–Trinajstić information content (AvgIpc) is 3.25. The van der Waals surface area contributed by atoms with Crippen molar-refractivity contribution in [2.75, 3.05) is 24.3 Å². The summed E-state index contributed by atoms with van der Waals surface area (Å²) in [6.07, 6.45) is 3.05. The van der Waals surface area contributed by atoms with Crippen LogP contribution in [0, 0.1) is 0 Å². The molecule has 0 aliphatic rings. The summed E-state index contributed by atoms with van der Waals surface area (Å²) in [5, 5.41) is 18.9. The molecule has 168 valence electrons. The minimum atomic E-state index is -0.286. The van der Waals surface area contributed by atoms with Crippen LogP contribution in [0.4, 0.5) is 11.5 Å². The van der Waals surface area contributed by atoms with Crippen molar-refractivity contribution in [3.05, 3.63) is 72.2 Å². The molecule has 0 aliphatic carbocycles. The molecule has 0 aliphatic heterocycles. The molecule has 2 N–H and O–H groups in total. The van der Waals surface area contributed by atoms with E-state index in [2.05, 4.69) is 58.5 Å². The summed E-state index contributed by atoms with van der Waals surface area (Å²) in [5.41, 5.74) is 2.48. The van der Waals surface area contributed by atoms with Gasteiger partial charge in [-0.1, -0.05) is 18.7 Å². The lowest BCUT2D eigenvalue weighted by molar-refractivity contribution is -0.111. The number of pyridine rings is 1. The number of carbonyl (C=O) groups is 1. The Labute approximate surface area is 188 Å². The van der Waals surface area contributed by atoms with Gasteiger partial charge in [-0.25, -0.2) is 9.67 Å². The van der Waals surface area contributed by atoms with Crippen LogP contribution < -0.4 is 15.5 Å². The van der Waals surface area contributed by atoms with E-state index in [1.807, 2.05) is 60.1 Å². The van der Waals surface area contributed by atoms with Crippen molar-refractivity contribution in [1.82, 2.24) is 30.5 Å². The molecule has 1 unspecified atom stereocenters. The van der Waals surface area contributed by atoms with E-state index in [0.29, 0.717) is 18.1 Å². The lowest BCUT2D eigenvalue weighted by Gasteiger charge is -2.25. The topological polar surface area (TPSA) is 101 Å². The van der Waals surface area contributed by atoms with Gasteiger partial charge in [0.25, 0.3) is 0 Å². The Balaban J connectivity index is 1.92. The Morgan fingerprint density at radius 1 is 1.22 bits per heavy atom. The first-order valence-electron chi connectivity index (χ1n) is 10.4. The Kier molecular flexibility index (Phi) is 6.99. The molecule has 0 fully saturated rings. The SMILES string of the molecule is C=CC(=O)Nc1ccc(C(NCc2ccnc(N(C)C)c2)c2nnnn2C(C)(C)C)cc1. The number of tetrazole rings is 1. The molecular weight excluding hydrogens is 404 g/mol. The van der Waals surface area contributed by atoms with E-state index in [1.54, 1.807) is 6.20 Å². The number of anilines is 2. The van der Waals surface area contributed by atoms with Gasteiger partial charge in [-0.2, -0.15) is 0 Å². The standard InChI is InChI=1S/C23H30N8O/c1-7-20(32)26-18-10-8-17(9-11-18)21(22-27-28-29-31(22)23(2,3)4)25-15-16-12-13-24-19(14-16)30(5)6/h7-14,21,25H,1,15H2,2-6H3,(H,26,32). The first kappa shape index (κ1) is 23.1. The van der Waals surface area contributed by atoms with Crippen molar-refractivity contribution in [3.8, 4) is 0 Å². The highest BCUT2D eigenvalue weighted by Crippen LogP contribution is 2.26. The Morgan fingerprint density at radius 2 is 1.94 bits per heavy atom. The molecule has 9 nitrogen and oxygen atoms in total. The van der Waals surface area contributed by atoms with E-state index in [4.69, 9.17) is 0 Å². The number of nitrogens with zero attached hydrogens (tertiary/aromatic N) is 6. The lowest BCUT2D eigenvalue weighted by atomic mass is 10.0. The number of hydrogen-bond donors (Lipinski definition) is 2. The van der Waals surface area contributed by atoms with Gasteiger partial charge in [-0.3, -0.25) is 10.1 Å². The highest BCUT2D eigenvalue weighted by Gasteiger charge is 2.27. The molecule has 0 saturated heterocycles. The zero-order chi connectivity index (χ0) is 23.3. The minimum absolute atomic E-state index is 0.251. The fourth-order valence-electron chi connectivity index (χ4n) is 3.20. The fraction of sp³-hybridized carbons (Fsp3) is 0.348. The molecule has 3 aromatic rings. The molecule has 1 atom stereocenters. The number of carbonyl (C=O) groups excluding carboxylic acids is 1. The third-order valence-corrected chi connectivity index (χ3v) is 4.86. The first-order chi connectivity index (χ1) is 15.2. The number of aromatic nitrogens is 5. The molecule has 0 saturated carbocycles. The monoisotopic (exact) mass is 434 g/mol. The van der Waals surface area contributed by atoms with Crippen LogP contribution in [-0.4, -0.2) is 45.2 Å². The smallest absolute Gasteiger partial charge is 0.247 e. The van der Waals surface area contributed by atoms with Gasteiger partial charge in [0.05, 0.1) is 11.6 Å². The Bertz CT molecular complexity index is 1070. The summed E-state index contributed by atoms with van der Waals surface area (Å²) < 4.78 is 1.83. The molecule has 0 bridgehead atoms. The van der Waals surface area contributed by atoms with Gasteiger partial charge in [0.2, 0.25) is 5.91 Å². The van der Waals surface area contributed by atoms with Crippen LogP contribution in [0.3, 0.4) is 0 Å². The van der Waals surface area contributed by atoms with Gasteiger partial charge in [-0.15, -0.1) is 5.10 Å². The van der Waals surface area contributed by atoms with Crippen LogP contribution in [0.25, 0.3) is 0 Å². The van der Waals surface area contributed by atoms with Gasteiger partial charge in [-0.05, 0) is 72.7 Å². The first-order valence-corrected chi connectivity index (χ1v) is 10.4. The van der Waals surface area contributed by atoms with E-state index in [0.717, 1.165) is 16.9 Å². The Morgan fingerprint density at radius 3 is 2.56 bits per heavy atom. The molecule has 0 spiro atoms. The summed E-state index contributed by atoms with van der Waals surface area (Å²) in [6, 6.07) is 11.4. The van der Waals surface area contributed by atoms with E-state index < -0.39 is 0 Å². The van der Waals surface area contributed by atoms with Gasteiger partial charge in [0.1, 0.15) is 5.82 Å². The van der Waals surface area contributed by atoms with E-state index >= 15 is 0 Å². The number of nitrogens with one attached hydrogen (secondary N) is 2. The summed E-state index contributed by atoms with van der Waals surface area (Å²) in [5.74, 6) is 1.35. The second-order valence-corrected chi connectivity index (χ2v) is 8.67. The van der Waals surface area contributed by atoms with Gasteiger partial charge in [0, 0.05) is 32.5 Å². The molecule has 2 aromatic heterocycles. The molecule has 1 amide bonds. The van der Waals surface area contributed by atoms with Crippen LogP contribution in [0.1, 0.15) is 43.8 Å². The normalized spacial score (nSPS) is 12.3. The van der Waals surface area contributed by atoms with E-state index in [1.165, 1.54) is 6.08 Å². The maximum atomic E-state index is 11.6. The minimum Gasteiger partial charge on any atom is -0.363 e. The number of hydrogen-bond acceptors (Lipinski definition) is 7. The van der Waals surface area contributed by atoms with Crippen molar-refractivity contribution in [3.63, 3.8) is 0 Å². The summed E-state index contributed by atoms with van der Waals surface area (Å²) in [7, 11) is 3.93. The van der Waals surface area contributed by atoms with Crippen molar-refractivity contribution in [2.24, 2.45) is 0 Å². The van der Waals surface area contributed by atoms with Crippen LogP contribution in [0.15, 0.2) is 55.3 Å². The summed E-state index contributed by atoms with van der Waals surface area (Å²) in [4.78, 5) is 17.9. The van der Waals surface area contributed by atoms with Crippen LogP contribution in [-0.2, 0) is 16.9 Å². The second kappa shape index (κ2) is 9.69. The maximum absolute atomic E-state index is 11.6. The number of amides is 1. The van der Waals surface area contributed by atoms with Crippen molar-refractivity contribution >= 4 is 17.4 Å². The van der Waals surface area contributed by atoms with Crippen LogP contribution >= 0.6 is 0 Å². The molecular formula is C23H30N8O. The summed E-state index contributed by atoms with van der Waals surface area (Å²) in [6.45, 7) is 10.3. The average molecular weight is 435 g/mol. The quantitative estimate of drug-likeness (QED) is 0.526. The van der Waals surface area contributed by atoms with Gasteiger partial charge >= 0.3 is 0 Å². The van der Waals surface area contributed by atoms with Gasteiger partial charge < -0.3 is 10.2 Å². The van der Waals surface area contributed by atoms with Crippen molar-refractivity contribution in [1.29, 1.82) is 0 Å². The molecule has 9 heteroatoms. The molecule has 32 heavy (non-hydrogen) atoms. The van der Waals surface area contributed by atoms with Crippen LogP contribution in [0.2, 0.25) is 0 Å². The zero-order valence-electron chi connectivity index (χ0n) is 19.2. The highest BCUT2D eigenvalue weighted by molar-refractivity contribution is 5.98. The zero-order valence-corrected chi connectivity index (χ0v) is 19.2. The predicted octanol–water partition coefficient (Wildman–Crippen LogP) is 2.89. The highest BCUT2D eigenvalue weighted by atomic mass is 16.1. The third-order valence-electron chi connectivity index (χ3n) is 4.86. The largest absolute Gasteiger partial charge is 0.363 e. The predicted molar refractivity (Wildman–Crippen MR) is 125 cm³/mol. The second-order valence-electron chi connectivity index (χ2n) is 8.67. The van der Waals surface area contributed by atoms with E-state index in [-0.39, 0.29) is 17.5 Å². The number of benzene rings is 1. The summed E-state index contributed by atoms with van der Waals surface area (Å²) >= 11 is 0. The van der Waals surface area contributed by atoms with Gasteiger partial charge in [0.15, 0.2) is 5.82 Å². The molecule has 0 radical (unpaired) electrons. The Hall–Kier alpha value is -3.59. The number of rotatable bonds is 8.